The summed E-state index contributed by atoms with van der Waals surface area (Å²) in [5.41, 5.74) is -0.977. The second kappa shape index (κ2) is 7.85. The molecule has 27 heavy (non-hydrogen) atoms. The van der Waals surface area contributed by atoms with E-state index in [1.54, 1.807) is 13.8 Å². The molecular formula is C15H20N6O6. The molecule has 2 N–H and O–H groups in total. The van der Waals surface area contributed by atoms with Gasteiger partial charge in [0.25, 0.3) is 11.5 Å². The number of fused-ring (bicyclic) bond motifs is 1. The minimum atomic E-state index is -0.815. The van der Waals surface area contributed by atoms with E-state index < -0.39 is 42.3 Å². The fraction of sp³-hybridized carbons (Fsp3) is 0.467. The van der Waals surface area contributed by atoms with Crippen LogP contribution in [0.5, 0.6) is 0 Å². The Morgan fingerprint density at radius 3 is 2.48 bits per heavy atom. The molecule has 0 atom stereocenters. The van der Waals surface area contributed by atoms with Crippen molar-refractivity contribution in [2.45, 2.75) is 26.4 Å². The molecule has 0 aliphatic rings. The summed E-state index contributed by atoms with van der Waals surface area (Å²) in [4.78, 5) is 63.0. The molecule has 0 saturated carbocycles. The first kappa shape index (κ1) is 19.9. The quantitative estimate of drug-likeness (QED) is 0.583. The SMILES string of the molecule is CC(C)NC(=O)NC(=O)COC(=O)Cn1cnc2c1c(=O)n(C)c(=O)n2C. The molecule has 0 radical (unpaired) electrons. The Morgan fingerprint density at radius 2 is 1.85 bits per heavy atom. The molecule has 2 aromatic rings. The first-order chi connectivity index (χ1) is 12.6. The zero-order chi connectivity index (χ0) is 20.3. The monoisotopic (exact) mass is 380 g/mol. The van der Waals surface area contributed by atoms with E-state index in [2.05, 4.69) is 10.3 Å². The van der Waals surface area contributed by atoms with Crippen LogP contribution in [-0.4, -0.2) is 49.2 Å². The molecule has 2 aromatic heterocycles. The van der Waals surface area contributed by atoms with E-state index in [0.717, 1.165) is 4.57 Å². The largest absolute Gasteiger partial charge is 0.454 e. The van der Waals surface area contributed by atoms with Gasteiger partial charge >= 0.3 is 17.7 Å². The number of aryl methyl sites for hydroxylation is 1. The van der Waals surface area contributed by atoms with Gasteiger partial charge in [0.2, 0.25) is 0 Å². The fourth-order valence-corrected chi connectivity index (χ4v) is 2.31. The van der Waals surface area contributed by atoms with Crippen molar-refractivity contribution >= 4 is 29.1 Å². The molecule has 3 amide bonds. The number of carbonyl (C=O) groups excluding carboxylic acids is 3. The van der Waals surface area contributed by atoms with Gasteiger partial charge in [0.05, 0.1) is 6.33 Å². The highest BCUT2D eigenvalue weighted by molar-refractivity contribution is 5.95. The van der Waals surface area contributed by atoms with Crippen LogP contribution in [0, 0.1) is 0 Å². The van der Waals surface area contributed by atoms with Crippen molar-refractivity contribution in [3.8, 4) is 0 Å². The summed E-state index contributed by atoms with van der Waals surface area (Å²) < 4.78 is 8.10. The normalized spacial score (nSPS) is 10.9. The number of nitrogens with one attached hydrogen (secondary N) is 2. The number of amides is 3. The number of rotatable bonds is 5. The molecule has 0 aliphatic carbocycles. The maximum atomic E-state index is 12.3. The lowest BCUT2D eigenvalue weighted by Gasteiger charge is -2.10. The third-order valence-electron chi connectivity index (χ3n) is 3.55. The van der Waals surface area contributed by atoms with E-state index in [4.69, 9.17) is 4.74 Å². The molecule has 2 heterocycles. The lowest BCUT2D eigenvalue weighted by Crippen LogP contribution is -2.44. The number of imide groups is 1. The van der Waals surface area contributed by atoms with Crippen LogP contribution in [0.3, 0.4) is 0 Å². The summed E-state index contributed by atoms with van der Waals surface area (Å²) in [5, 5.41) is 4.46. The third-order valence-corrected chi connectivity index (χ3v) is 3.55. The summed E-state index contributed by atoms with van der Waals surface area (Å²) in [7, 11) is 2.76. The van der Waals surface area contributed by atoms with Crippen molar-refractivity contribution in [1.29, 1.82) is 0 Å². The zero-order valence-electron chi connectivity index (χ0n) is 15.3. The van der Waals surface area contributed by atoms with E-state index >= 15 is 0 Å². The van der Waals surface area contributed by atoms with Crippen molar-refractivity contribution in [3.05, 3.63) is 27.2 Å². The van der Waals surface area contributed by atoms with E-state index in [-0.39, 0.29) is 17.2 Å². The number of aromatic nitrogens is 4. The Morgan fingerprint density at radius 1 is 1.19 bits per heavy atom. The number of nitrogens with zero attached hydrogens (tertiary/aromatic N) is 4. The highest BCUT2D eigenvalue weighted by Crippen LogP contribution is 2.05. The minimum absolute atomic E-state index is 0.0531. The van der Waals surface area contributed by atoms with Crippen LogP contribution in [0.2, 0.25) is 0 Å². The second-order valence-electron chi connectivity index (χ2n) is 6.09. The predicted molar refractivity (Wildman–Crippen MR) is 93.0 cm³/mol. The van der Waals surface area contributed by atoms with Gasteiger partial charge < -0.3 is 14.6 Å². The van der Waals surface area contributed by atoms with Gasteiger partial charge in [-0.25, -0.2) is 14.6 Å². The number of ether oxygens (including phenoxy) is 1. The van der Waals surface area contributed by atoms with Crippen LogP contribution < -0.4 is 21.9 Å². The standard InChI is InChI=1S/C15H20N6O6/c1-8(2)17-14(25)18-9(22)6-27-10(23)5-21-7-16-12-11(21)13(24)20(4)15(26)19(12)3/h7-8H,5-6H2,1-4H3,(H2,17,18,22,25). The Labute approximate surface area is 152 Å². The van der Waals surface area contributed by atoms with E-state index in [1.165, 1.54) is 29.6 Å². The molecular weight excluding hydrogens is 360 g/mol. The zero-order valence-corrected chi connectivity index (χ0v) is 15.3. The summed E-state index contributed by atoms with van der Waals surface area (Å²) in [5.74, 6) is -1.61. The summed E-state index contributed by atoms with van der Waals surface area (Å²) in [6.07, 6.45) is 1.23. The van der Waals surface area contributed by atoms with E-state index in [9.17, 15) is 24.0 Å². The van der Waals surface area contributed by atoms with Gasteiger partial charge in [0.1, 0.15) is 6.54 Å². The number of imidazole rings is 1. The lowest BCUT2D eigenvalue weighted by atomic mass is 10.4. The van der Waals surface area contributed by atoms with E-state index in [0.29, 0.717) is 0 Å². The van der Waals surface area contributed by atoms with Gasteiger partial charge in [-0.05, 0) is 13.8 Å². The minimum Gasteiger partial charge on any atom is -0.454 e. The molecule has 2 rings (SSSR count). The van der Waals surface area contributed by atoms with Crippen molar-refractivity contribution in [2.24, 2.45) is 14.1 Å². The van der Waals surface area contributed by atoms with Gasteiger partial charge in [0.15, 0.2) is 17.8 Å². The van der Waals surface area contributed by atoms with Crippen LogP contribution in [0.15, 0.2) is 15.9 Å². The van der Waals surface area contributed by atoms with Crippen LogP contribution in [0.4, 0.5) is 4.79 Å². The Balaban J connectivity index is 2.05. The van der Waals surface area contributed by atoms with Crippen molar-refractivity contribution < 1.29 is 19.1 Å². The van der Waals surface area contributed by atoms with Gasteiger partial charge in [-0.2, -0.15) is 0 Å². The maximum absolute atomic E-state index is 12.3. The summed E-state index contributed by atoms with van der Waals surface area (Å²) in [6, 6.07) is -0.857. The smallest absolute Gasteiger partial charge is 0.332 e. The molecule has 0 aliphatic heterocycles. The van der Waals surface area contributed by atoms with Crippen molar-refractivity contribution in [1.82, 2.24) is 29.3 Å². The molecule has 12 nitrogen and oxygen atoms in total. The predicted octanol–water partition coefficient (Wildman–Crippen LogP) is -1.79. The first-order valence-corrected chi connectivity index (χ1v) is 7.98. The van der Waals surface area contributed by atoms with Gasteiger partial charge in [-0.15, -0.1) is 0 Å². The van der Waals surface area contributed by atoms with Crippen LogP contribution in [-0.2, 0) is 35.0 Å². The number of esters is 1. The average Bonchev–Trinajstić information content (AvgIpc) is 2.99. The van der Waals surface area contributed by atoms with Crippen LogP contribution in [0.25, 0.3) is 11.2 Å². The molecule has 0 fully saturated rings. The van der Waals surface area contributed by atoms with Crippen LogP contribution >= 0.6 is 0 Å². The number of carbonyl (C=O) groups is 3. The van der Waals surface area contributed by atoms with Crippen molar-refractivity contribution in [2.75, 3.05) is 6.61 Å². The number of urea groups is 1. The second-order valence-corrected chi connectivity index (χ2v) is 6.09. The van der Waals surface area contributed by atoms with Gasteiger partial charge in [-0.1, -0.05) is 0 Å². The number of hydrogen-bond donors (Lipinski definition) is 2. The highest BCUT2D eigenvalue weighted by Gasteiger charge is 2.17. The summed E-state index contributed by atoms with van der Waals surface area (Å²) in [6.45, 7) is 2.39. The summed E-state index contributed by atoms with van der Waals surface area (Å²) >= 11 is 0. The third kappa shape index (κ3) is 4.40. The van der Waals surface area contributed by atoms with E-state index in [1.807, 2.05) is 5.32 Å². The van der Waals surface area contributed by atoms with Gasteiger partial charge in [-0.3, -0.25) is 28.8 Å². The first-order valence-electron chi connectivity index (χ1n) is 7.98. The Bertz CT molecular complexity index is 1010. The fourth-order valence-electron chi connectivity index (χ4n) is 2.31. The molecule has 12 heteroatoms. The number of hydrogen-bond acceptors (Lipinski definition) is 7. The topological polar surface area (TPSA) is 146 Å². The average molecular weight is 380 g/mol. The highest BCUT2D eigenvalue weighted by atomic mass is 16.5. The molecule has 146 valence electrons. The maximum Gasteiger partial charge on any atom is 0.332 e. The lowest BCUT2D eigenvalue weighted by molar-refractivity contribution is -0.148. The Kier molecular flexibility index (Phi) is 5.78. The molecule has 0 unspecified atom stereocenters. The van der Waals surface area contributed by atoms with Gasteiger partial charge in [0, 0.05) is 20.1 Å². The molecule has 0 bridgehead atoms. The molecule has 0 spiro atoms. The molecule has 0 aromatic carbocycles. The Hall–Kier alpha value is -3.44. The van der Waals surface area contributed by atoms with Crippen LogP contribution in [0.1, 0.15) is 13.8 Å². The van der Waals surface area contributed by atoms with Crippen molar-refractivity contribution in [3.63, 3.8) is 0 Å². The molecule has 0 saturated heterocycles.